The summed E-state index contributed by atoms with van der Waals surface area (Å²) in [5.41, 5.74) is 11.2. The lowest BCUT2D eigenvalue weighted by molar-refractivity contribution is -0.0522. The summed E-state index contributed by atoms with van der Waals surface area (Å²) >= 11 is 0. The van der Waals surface area contributed by atoms with Crippen LogP contribution in [-0.4, -0.2) is 6.61 Å². The molecule has 0 aromatic heterocycles. The van der Waals surface area contributed by atoms with Gasteiger partial charge in [0.1, 0.15) is 5.66 Å². The minimum absolute atomic E-state index is 0.332. The molecule has 0 aliphatic carbocycles. The fourth-order valence-electron chi connectivity index (χ4n) is 1.74. The van der Waals surface area contributed by atoms with Gasteiger partial charge in [-0.3, -0.25) is 0 Å². The molecule has 7 heteroatoms. The molecule has 1 heterocycles. The van der Waals surface area contributed by atoms with E-state index in [4.69, 9.17) is 11.5 Å². The van der Waals surface area contributed by atoms with Crippen LogP contribution in [0.5, 0.6) is 5.75 Å². The van der Waals surface area contributed by atoms with Crippen LogP contribution in [0.3, 0.4) is 0 Å². The number of nitrogens with one attached hydrogen (secondary N) is 1. The number of alkyl halides is 2. The first-order chi connectivity index (χ1) is 8.90. The van der Waals surface area contributed by atoms with Crippen molar-refractivity contribution in [2.24, 2.45) is 11.5 Å². The molecule has 0 fully saturated rings. The third kappa shape index (κ3) is 2.82. The number of hydrogen-bond donors (Lipinski definition) is 3. The van der Waals surface area contributed by atoms with Gasteiger partial charge in [0, 0.05) is 11.9 Å². The average molecular weight is 271 g/mol. The molecule has 1 aromatic rings. The van der Waals surface area contributed by atoms with Crippen LogP contribution in [0.2, 0.25) is 0 Å². The van der Waals surface area contributed by atoms with Gasteiger partial charge < -0.3 is 21.5 Å². The number of ether oxygens (including phenoxy) is 1. The Labute approximate surface area is 107 Å². The number of halogens is 3. The molecule has 0 radical (unpaired) electrons. The van der Waals surface area contributed by atoms with Gasteiger partial charge in [-0.25, -0.2) is 4.39 Å². The van der Waals surface area contributed by atoms with Crippen molar-refractivity contribution in [2.75, 3.05) is 0 Å². The van der Waals surface area contributed by atoms with Gasteiger partial charge in [-0.2, -0.15) is 8.78 Å². The highest BCUT2D eigenvalue weighted by atomic mass is 19.3. The Kier molecular flexibility index (Phi) is 3.39. The second kappa shape index (κ2) is 4.85. The van der Waals surface area contributed by atoms with Crippen molar-refractivity contribution >= 4 is 0 Å². The van der Waals surface area contributed by atoms with Crippen LogP contribution in [0.1, 0.15) is 5.56 Å². The Morgan fingerprint density at radius 2 is 2.05 bits per heavy atom. The first-order valence-corrected chi connectivity index (χ1v) is 5.37. The first kappa shape index (κ1) is 13.3. The van der Waals surface area contributed by atoms with Gasteiger partial charge in [-0.1, -0.05) is 6.07 Å². The zero-order chi connectivity index (χ0) is 14.0. The van der Waals surface area contributed by atoms with Crippen molar-refractivity contribution in [2.45, 2.75) is 12.3 Å². The fraction of sp³-hybridized carbons (Fsp3) is 0.167. The molecule has 2 rings (SSSR count). The van der Waals surface area contributed by atoms with Crippen LogP contribution in [0, 0.1) is 5.82 Å². The SMILES string of the molecule is NC1=CC(N)(c2ccc(OC(F)F)c(F)c2)NC=C1. The van der Waals surface area contributed by atoms with Crippen molar-refractivity contribution in [3.63, 3.8) is 0 Å². The Bertz CT molecular complexity index is 545. The van der Waals surface area contributed by atoms with Crippen LogP contribution in [0.15, 0.2) is 42.2 Å². The van der Waals surface area contributed by atoms with Gasteiger partial charge in [0.2, 0.25) is 0 Å². The van der Waals surface area contributed by atoms with E-state index in [1.807, 2.05) is 0 Å². The van der Waals surface area contributed by atoms with Crippen molar-refractivity contribution < 1.29 is 17.9 Å². The van der Waals surface area contributed by atoms with Gasteiger partial charge in [0.05, 0.1) is 0 Å². The van der Waals surface area contributed by atoms with Crippen LogP contribution in [0.25, 0.3) is 0 Å². The highest BCUT2D eigenvalue weighted by Crippen LogP contribution is 2.26. The molecule has 0 bridgehead atoms. The number of benzene rings is 1. The maximum absolute atomic E-state index is 13.6. The standard InChI is InChI=1S/C12H12F3N3O/c13-9-5-7(1-2-10(9)19-11(14)15)12(17)6-8(16)3-4-18-12/h1-6,11,18H,16-17H2. The lowest BCUT2D eigenvalue weighted by Crippen LogP contribution is -2.48. The predicted octanol–water partition coefficient (Wildman–Crippen LogP) is 1.50. The van der Waals surface area contributed by atoms with Gasteiger partial charge in [0.15, 0.2) is 11.6 Å². The minimum Gasteiger partial charge on any atom is -0.432 e. The topological polar surface area (TPSA) is 73.3 Å². The van der Waals surface area contributed by atoms with Crippen LogP contribution in [-0.2, 0) is 5.66 Å². The summed E-state index contributed by atoms with van der Waals surface area (Å²) < 4.78 is 41.7. The molecule has 1 atom stereocenters. The number of dihydropyridines is 1. The number of rotatable bonds is 3. The molecule has 102 valence electrons. The summed E-state index contributed by atoms with van der Waals surface area (Å²) in [6.45, 7) is -3.08. The van der Waals surface area contributed by atoms with Crippen LogP contribution < -0.4 is 21.5 Å². The average Bonchev–Trinajstić information content (AvgIpc) is 2.30. The van der Waals surface area contributed by atoms with Crippen LogP contribution in [0.4, 0.5) is 13.2 Å². The van der Waals surface area contributed by atoms with E-state index >= 15 is 0 Å². The van der Waals surface area contributed by atoms with Gasteiger partial charge >= 0.3 is 6.61 Å². The zero-order valence-electron chi connectivity index (χ0n) is 9.74. The maximum atomic E-state index is 13.6. The largest absolute Gasteiger partial charge is 0.432 e. The van der Waals surface area contributed by atoms with Crippen molar-refractivity contribution in [1.82, 2.24) is 5.32 Å². The fourth-order valence-corrected chi connectivity index (χ4v) is 1.74. The summed E-state index contributed by atoms with van der Waals surface area (Å²) in [6.07, 6.45) is 4.61. The quantitative estimate of drug-likeness (QED) is 0.779. The monoisotopic (exact) mass is 271 g/mol. The van der Waals surface area contributed by atoms with E-state index in [1.54, 1.807) is 6.08 Å². The third-order valence-corrected chi connectivity index (χ3v) is 2.62. The van der Waals surface area contributed by atoms with E-state index in [0.717, 1.165) is 12.1 Å². The maximum Gasteiger partial charge on any atom is 0.387 e. The van der Waals surface area contributed by atoms with Crippen LogP contribution >= 0.6 is 0 Å². The Morgan fingerprint density at radius 1 is 1.32 bits per heavy atom. The molecule has 0 saturated carbocycles. The second-order valence-electron chi connectivity index (χ2n) is 4.01. The molecule has 19 heavy (non-hydrogen) atoms. The molecule has 0 spiro atoms. The first-order valence-electron chi connectivity index (χ1n) is 5.37. The summed E-state index contributed by atoms with van der Waals surface area (Å²) in [4.78, 5) is 0. The molecule has 5 N–H and O–H groups in total. The predicted molar refractivity (Wildman–Crippen MR) is 63.4 cm³/mol. The highest BCUT2D eigenvalue weighted by molar-refractivity contribution is 5.39. The highest BCUT2D eigenvalue weighted by Gasteiger charge is 2.26. The third-order valence-electron chi connectivity index (χ3n) is 2.62. The summed E-state index contributed by atoms with van der Waals surface area (Å²) in [7, 11) is 0. The number of nitrogens with two attached hydrogens (primary N) is 2. The van der Waals surface area contributed by atoms with Gasteiger partial charge in [0.25, 0.3) is 0 Å². The normalized spacial score (nSPS) is 22.1. The van der Waals surface area contributed by atoms with Crippen molar-refractivity contribution in [3.8, 4) is 5.75 Å². The molecule has 1 aliphatic heterocycles. The summed E-state index contributed by atoms with van der Waals surface area (Å²) in [5, 5.41) is 2.81. The minimum atomic E-state index is -3.08. The molecule has 1 aliphatic rings. The molecule has 1 aromatic carbocycles. The molecule has 0 saturated heterocycles. The number of hydrogen-bond acceptors (Lipinski definition) is 4. The van der Waals surface area contributed by atoms with E-state index in [1.165, 1.54) is 18.3 Å². The Morgan fingerprint density at radius 3 is 2.63 bits per heavy atom. The summed E-state index contributed by atoms with van der Waals surface area (Å²) in [6, 6.07) is 3.50. The van der Waals surface area contributed by atoms with E-state index < -0.39 is 23.8 Å². The van der Waals surface area contributed by atoms with E-state index in [9.17, 15) is 13.2 Å². The molecular formula is C12H12F3N3O. The van der Waals surface area contributed by atoms with E-state index in [-0.39, 0.29) is 0 Å². The zero-order valence-corrected chi connectivity index (χ0v) is 9.74. The number of allylic oxidation sites excluding steroid dienone is 1. The molecule has 0 amide bonds. The smallest absolute Gasteiger partial charge is 0.387 e. The van der Waals surface area contributed by atoms with E-state index in [2.05, 4.69) is 10.1 Å². The molecule has 1 unspecified atom stereocenters. The Balaban J connectivity index is 2.32. The Hall–Kier alpha value is -2.15. The van der Waals surface area contributed by atoms with Crippen molar-refractivity contribution in [3.05, 3.63) is 53.6 Å². The van der Waals surface area contributed by atoms with E-state index in [0.29, 0.717) is 11.3 Å². The second-order valence-corrected chi connectivity index (χ2v) is 4.01. The van der Waals surface area contributed by atoms with Gasteiger partial charge in [-0.15, -0.1) is 0 Å². The van der Waals surface area contributed by atoms with Gasteiger partial charge in [-0.05, 0) is 29.8 Å². The lowest BCUT2D eigenvalue weighted by Gasteiger charge is -2.30. The molecule has 4 nitrogen and oxygen atoms in total. The summed E-state index contributed by atoms with van der Waals surface area (Å²) in [5.74, 6) is -1.46. The van der Waals surface area contributed by atoms with Crippen molar-refractivity contribution in [1.29, 1.82) is 0 Å². The lowest BCUT2D eigenvalue weighted by atomic mass is 9.97. The molecular weight excluding hydrogens is 259 g/mol.